The minimum atomic E-state index is 0.00868. The number of hydrogen-bond donors (Lipinski definition) is 1. The van der Waals surface area contributed by atoms with E-state index in [1.807, 2.05) is 6.92 Å². The predicted octanol–water partition coefficient (Wildman–Crippen LogP) is 0.532. The van der Waals surface area contributed by atoms with Crippen LogP contribution in [0.2, 0.25) is 0 Å². The normalized spacial score (nSPS) is 22.2. The van der Waals surface area contributed by atoms with E-state index in [-0.39, 0.29) is 11.3 Å². The van der Waals surface area contributed by atoms with Gasteiger partial charge in [0.1, 0.15) is 0 Å². The van der Waals surface area contributed by atoms with Crippen molar-refractivity contribution < 1.29 is 4.79 Å². The molecule has 1 N–H and O–H groups in total. The quantitative estimate of drug-likeness (QED) is 0.528. The topological polar surface area (TPSA) is 29.1 Å². The molecule has 46 valence electrons. The van der Waals surface area contributed by atoms with Crippen LogP contribution in [0.5, 0.6) is 0 Å². The van der Waals surface area contributed by atoms with E-state index in [9.17, 15) is 4.79 Å². The van der Waals surface area contributed by atoms with Crippen molar-refractivity contribution in [3.05, 3.63) is 0 Å². The summed E-state index contributed by atoms with van der Waals surface area (Å²) in [7, 11) is 1.69. The molecule has 0 bridgehead atoms. The Labute approximate surface area is 49.3 Å². The highest BCUT2D eigenvalue weighted by Gasteiger charge is 2.44. The zero-order chi connectivity index (χ0) is 6.20. The van der Waals surface area contributed by atoms with Gasteiger partial charge in [0.05, 0.1) is 0 Å². The average molecular weight is 113 g/mol. The van der Waals surface area contributed by atoms with E-state index in [4.69, 9.17) is 0 Å². The fourth-order valence-electron chi connectivity index (χ4n) is 0.716. The van der Waals surface area contributed by atoms with Gasteiger partial charge in [-0.1, -0.05) is 6.92 Å². The van der Waals surface area contributed by atoms with Crippen LogP contribution in [0.15, 0.2) is 0 Å². The van der Waals surface area contributed by atoms with Gasteiger partial charge in [-0.3, -0.25) is 4.79 Å². The molecule has 0 heterocycles. The Bertz CT molecular complexity index is 116. The van der Waals surface area contributed by atoms with Crippen LogP contribution in [0.3, 0.4) is 0 Å². The van der Waals surface area contributed by atoms with Crippen molar-refractivity contribution in [2.45, 2.75) is 19.8 Å². The number of nitrogens with one attached hydrogen (secondary N) is 1. The SMILES string of the molecule is CNC(=O)C1(C)CC1. The highest BCUT2D eigenvalue weighted by molar-refractivity contribution is 5.84. The van der Waals surface area contributed by atoms with E-state index in [0.717, 1.165) is 12.8 Å². The molecule has 1 rings (SSSR count). The molecule has 1 fully saturated rings. The number of carbonyl (C=O) groups is 1. The monoisotopic (exact) mass is 113 g/mol. The number of hydrogen-bond acceptors (Lipinski definition) is 1. The van der Waals surface area contributed by atoms with Gasteiger partial charge in [0.2, 0.25) is 5.91 Å². The lowest BCUT2D eigenvalue weighted by molar-refractivity contribution is -0.125. The standard InChI is InChI=1S/C6H11NO/c1-6(3-4-6)5(8)7-2/h3-4H2,1-2H3,(H,7,8). The molecule has 2 heteroatoms. The molecule has 0 aromatic carbocycles. The third-order valence-corrected chi connectivity index (χ3v) is 1.78. The fraction of sp³-hybridized carbons (Fsp3) is 0.833. The van der Waals surface area contributed by atoms with Gasteiger partial charge in [-0.15, -0.1) is 0 Å². The summed E-state index contributed by atoms with van der Waals surface area (Å²) < 4.78 is 0. The minimum Gasteiger partial charge on any atom is -0.359 e. The van der Waals surface area contributed by atoms with Crippen molar-refractivity contribution in [3.8, 4) is 0 Å². The predicted molar refractivity (Wildman–Crippen MR) is 31.4 cm³/mol. The highest BCUT2D eigenvalue weighted by atomic mass is 16.2. The maximum atomic E-state index is 10.8. The average Bonchev–Trinajstić information content (AvgIpc) is 2.47. The van der Waals surface area contributed by atoms with Gasteiger partial charge < -0.3 is 5.32 Å². The lowest BCUT2D eigenvalue weighted by atomic mass is 10.1. The first-order chi connectivity index (χ1) is 3.69. The second-order valence-electron chi connectivity index (χ2n) is 2.64. The van der Waals surface area contributed by atoms with Gasteiger partial charge in [-0.05, 0) is 12.8 Å². The second-order valence-corrected chi connectivity index (χ2v) is 2.64. The molecule has 1 aliphatic carbocycles. The fourth-order valence-corrected chi connectivity index (χ4v) is 0.716. The molecule has 1 aliphatic rings. The Hall–Kier alpha value is -0.530. The van der Waals surface area contributed by atoms with Gasteiger partial charge in [0, 0.05) is 12.5 Å². The van der Waals surface area contributed by atoms with Crippen LogP contribution < -0.4 is 5.32 Å². The van der Waals surface area contributed by atoms with Crippen LogP contribution in [0.25, 0.3) is 0 Å². The molecule has 0 unspecified atom stereocenters. The van der Waals surface area contributed by atoms with Crippen molar-refractivity contribution in [2.24, 2.45) is 5.41 Å². The second kappa shape index (κ2) is 1.47. The molecule has 0 radical (unpaired) electrons. The lowest BCUT2D eigenvalue weighted by Gasteiger charge is -2.02. The first-order valence-corrected chi connectivity index (χ1v) is 2.91. The van der Waals surface area contributed by atoms with E-state index in [2.05, 4.69) is 5.32 Å². The van der Waals surface area contributed by atoms with Crippen molar-refractivity contribution >= 4 is 5.91 Å². The molecule has 0 atom stereocenters. The van der Waals surface area contributed by atoms with Crippen molar-refractivity contribution in [1.29, 1.82) is 0 Å². The van der Waals surface area contributed by atoms with E-state index in [1.165, 1.54) is 0 Å². The summed E-state index contributed by atoms with van der Waals surface area (Å²) in [5, 5.41) is 2.63. The molecule has 0 aromatic heterocycles. The van der Waals surface area contributed by atoms with E-state index < -0.39 is 0 Å². The van der Waals surface area contributed by atoms with Crippen molar-refractivity contribution in [1.82, 2.24) is 5.32 Å². The molecule has 2 nitrogen and oxygen atoms in total. The lowest BCUT2D eigenvalue weighted by Crippen LogP contribution is -2.26. The number of rotatable bonds is 1. The molecule has 0 saturated heterocycles. The van der Waals surface area contributed by atoms with Crippen LogP contribution in [0, 0.1) is 5.41 Å². The maximum Gasteiger partial charge on any atom is 0.225 e. The molecular formula is C6H11NO. The summed E-state index contributed by atoms with van der Waals surface area (Å²) in [5.74, 6) is 0.192. The van der Waals surface area contributed by atoms with Crippen LogP contribution >= 0.6 is 0 Å². The zero-order valence-electron chi connectivity index (χ0n) is 5.32. The maximum absolute atomic E-state index is 10.8. The molecule has 1 amide bonds. The van der Waals surface area contributed by atoms with Crippen molar-refractivity contribution in [2.75, 3.05) is 7.05 Å². The molecule has 0 aromatic rings. The first-order valence-electron chi connectivity index (χ1n) is 2.91. The Morgan fingerprint density at radius 3 is 2.25 bits per heavy atom. The summed E-state index contributed by atoms with van der Waals surface area (Å²) in [4.78, 5) is 10.8. The summed E-state index contributed by atoms with van der Waals surface area (Å²) >= 11 is 0. The Morgan fingerprint density at radius 2 is 2.12 bits per heavy atom. The van der Waals surface area contributed by atoms with Crippen molar-refractivity contribution in [3.63, 3.8) is 0 Å². The first kappa shape index (κ1) is 5.60. The van der Waals surface area contributed by atoms with Crippen LogP contribution in [-0.4, -0.2) is 13.0 Å². The Morgan fingerprint density at radius 1 is 1.62 bits per heavy atom. The van der Waals surface area contributed by atoms with Crippen LogP contribution in [0.4, 0.5) is 0 Å². The summed E-state index contributed by atoms with van der Waals surface area (Å²) in [6.07, 6.45) is 2.12. The third kappa shape index (κ3) is 0.703. The molecule has 0 aliphatic heterocycles. The van der Waals surface area contributed by atoms with Gasteiger partial charge >= 0.3 is 0 Å². The highest BCUT2D eigenvalue weighted by Crippen LogP contribution is 2.44. The largest absolute Gasteiger partial charge is 0.359 e. The van der Waals surface area contributed by atoms with E-state index in [1.54, 1.807) is 7.05 Å². The molecule has 0 spiro atoms. The van der Waals surface area contributed by atoms with Gasteiger partial charge in [-0.25, -0.2) is 0 Å². The minimum absolute atomic E-state index is 0.00868. The smallest absolute Gasteiger partial charge is 0.225 e. The van der Waals surface area contributed by atoms with Gasteiger partial charge in [-0.2, -0.15) is 0 Å². The zero-order valence-corrected chi connectivity index (χ0v) is 5.32. The third-order valence-electron chi connectivity index (χ3n) is 1.78. The van der Waals surface area contributed by atoms with Gasteiger partial charge in [0.25, 0.3) is 0 Å². The van der Waals surface area contributed by atoms with E-state index in [0.29, 0.717) is 0 Å². The van der Waals surface area contributed by atoms with Crippen LogP contribution in [0.1, 0.15) is 19.8 Å². The summed E-state index contributed by atoms with van der Waals surface area (Å²) in [6.45, 7) is 1.99. The number of amides is 1. The van der Waals surface area contributed by atoms with Crippen LogP contribution in [-0.2, 0) is 4.79 Å². The molecule has 8 heavy (non-hydrogen) atoms. The molecule has 1 saturated carbocycles. The summed E-state index contributed by atoms with van der Waals surface area (Å²) in [5.41, 5.74) is 0.00868. The Balaban J connectivity index is 2.46. The molecular weight excluding hydrogens is 102 g/mol. The Kier molecular flexibility index (Phi) is 1.03. The summed E-state index contributed by atoms with van der Waals surface area (Å²) in [6, 6.07) is 0. The number of carbonyl (C=O) groups excluding carboxylic acids is 1. The van der Waals surface area contributed by atoms with E-state index >= 15 is 0 Å². The van der Waals surface area contributed by atoms with Gasteiger partial charge in [0.15, 0.2) is 0 Å².